The van der Waals surface area contributed by atoms with Crippen LogP contribution in [0.1, 0.15) is 44.7 Å². The second-order valence-corrected chi connectivity index (χ2v) is 9.16. The zero-order chi connectivity index (χ0) is 20.9. The third kappa shape index (κ3) is 6.17. The fourth-order valence-corrected chi connectivity index (χ4v) is 3.89. The maximum Gasteiger partial charge on any atom is 0.322 e. The minimum Gasteiger partial charge on any atom is -0.480 e. The average molecular weight is 421 g/mol. The quantitative estimate of drug-likeness (QED) is 0.520. The van der Waals surface area contributed by atoms with E-state index in [0.717, 1.165) is 5.56 Å². The number of hydrogen-bond acceptors (Lipinski definition) is 5. The van der Waals surface area contributed by atoms with Crippen LogP contribution >= 0.6 is 24.0 Å². The molecule has 2 amide bonds. The molecular weight excluding hydrogens is 396 g/mol. The van der Waals surface area contributed by atoms with Crippen molar-refractivity contribution in [2.75, 3.05) is 13.1 Å². The molecule has 2 N–H and O–H groups in total. The number of carbonyl (C=O) groups is 3. The topological polar surface area (TPSA) is 86.7 Å². The van der Waals surface area contributed by atoms with Gasteiger partial charge in [-0.2, -0.15) is 0 Å². The monoisotopic (exact) mass is 420 g/mol. The number of carboxylic acid groups (broad SMARTS) is 1. The van der Waals surface area contributed by atoms with Crippen molar-refractivity contribution in [1.82, 2.24) is 10.2 Å². The third-order valence-electron chi connectivity index (χ3n) is 4.17. The minimum atomic E-state index is -1.09. The molecule has 2 rings (SSSR count). The van der Waals surface area contributed by atoms with E-state index < -0.39 is 12.5 Å². The van der Waals surface area contributed by atoms with E-state index in [9.17, 15) is 14.4 Å². The van der Waals surface area contributed by atoms with Crippen LogP contribution in [0.3, 0.4) is 0 Å². The summed E-state index contributed by atoms with van der Waals surface area (Å²) in [6, 6.07) is 8.09. The van der Waals surface area contributed by atoms with Crippen LogP contribution in [-0.2, 0) is 19.8 Å². The first-order chi connectivity index (χ1) is 13.1. The first kappa shape index (κ1) is 22.1. The van der Waals surface area contributed by atoms with Gasteiger partial charge in [-0.05, 0) is 29.0 Å². The molecule has 1 aliphatic rings. The normalized spacial score (nSPS) is 16.0. The molecule has 1 aliphatic heterocycles. The number of benzene rings is 1. The molecule has 0 saturated carbocycles. The van der Waals surface area contributed by atoms with Crippen molar-refractivity contribution in [2.45, 2.75) is 39.0 Å². The molecule has 150 valence electrons. The zero-order valence-electron chi connectivity index (χ0n) is 16.2. The lowest BCUT2D eigenvalue weighted by atomic mass is 9.87. The van der Waals surface area contributed by atoms with Gasteiger partial charge in [-0.1, -0.05) is 69.0 Å². The highest BCUT2D eigenvalue weighted by Crippen LogP contribution is 2.33. The molecule has 0 atom stereocenters. The molecule has 1 aromatic carbocycles. The Labute approximate surface area is 174 Å². The van der Waals surface area contributed by atoms with Gasteiger partial charge in [0.25, 0.3) is 5.91 Å². The highest BCUT2D eigenvalue weighted by Gasteiger charge is 2.31. The second-order valence-electron chi connectivity index (χ2n) is 7.48. The number of thioether (sulfide) groups is 1. The Bertz CT molecular complexity index is 810. The second kappa shape index (κ2) is 9.34. The van der Waals surface area contributed by atoms with Crippen molar-refractivity contribution >= 4 is 52.2 Å². The number of rotatable bonds is 7. The number of carbonyl (C=O) groups excluding carboxylic acids is 2. The third-order valence-corrected chi connectivity index (χ3v) is 5.55. The molecule has 28 heavy (non-hydrogen) atoms. The van der Waals surface area contributed by atoms with E-state index in [1.165, 1.54) is 22.2 Å². The van der Waals surface area contributed by atoms with Gasteiger partial charge < -0.3 is 10.4 Å². The van der Waals surface area contributed by atoms with Crippen LogP contribution in [0, 0.1) is 0 Å². The molecule has 0 aromatic heterocycles. The number of nitrogens with zero attached hydrogens (tertiary/aromatic N) is 1. The van der Waals surface area contributed by atoms with Crippen LogP contribution in [0.25, 0.3) is 6.08 Å². The standard InChI is InChI=1S/C20H24N2O4S2/c1-20(2,3)14-8-6-13(7-9-14)11-15-18(26)22(19(27)28-15)10-4-5-16(23)21-12-17(24)25/h6-9,11H,4-5,10,12H2,1-3H3,(H,21,23)(H,24,25)/b15-11-. The number of nitrogens with one attached hydrogen (secondary N) is 1. The summed E-state index contributed by atoms with van der Waals surface area (Å²) in [4.78, 5) is 36.6. The molecule has 6 nitrogen and oxygen atoms in total. The molecule has 1 saturated heterocycles. The van der Waals surface area contributed by atoms with Crippen LogP contribution in [-0.4, -0.2) is 45.2 Å². The van der Waals surface area contributed by atoms with E-state index in [-0.39, 0.29) is 23.7 Å². The SMILES string of the molecule is CC(C)(C)c1ccc(/C=C2\SC(=S)N(CCCC(=O)NCC(=O)O)C2=O)cc1. The van der Waals surface area contributed by atoms with Crippen LogP contribution in [0.5, 0.6) is 0 Å². The van der Waals surface area contributed by atoms with Crippen molar-refractivity contribution < 1.29 is 19.5 Å². The molecule has 1 fully saturated rings. The van der Waals surface area contributed by atoms with E-state index in [0.29, 0.717) is 22.2 Å². The highest BCUT2D eigenvalue weighted by atomic mass is 32.2. The van der Waals surface area contributed by atoms with Crippen molar-refractivity contribution in [2.24, 2.45) is 0 Å². The average Bonchev–Trinajstić information content (AvgIpc) is 2.87. The lowest BCUT2D eigenvalue weighted by Gasteiger charge is -2.18. The Morgan fingerprint density at radius 1 is 1.25 bits per heavy atom. The molecule has 0 bridgehead atoms. The van der Waals surface area contributed by atoms with Gasteiger partial charge in [-0.25, -0.2) is 0 Å². The minimum absolute atomic E-state index is 0.0682. The Balaban J connectivity index is 1.94. The Hall–Kier alpha value is -2.19. The van der Waals surface area contributed by atoms with Gasteiger partial charge >= 0.3 is 5.97 Å². The summed E-state index contributed by atoms with van der Waals surface area (Å²) in [7, 11) is 0. The lowest BCUT2D eigenvalue weighted by molar-refractivity contribution is -0.137. The number of thiocarbonyl (C=S) groups is 1. The summed E-state index contributed by atoms with van der Waals surface area (Å²) < 4.78 is 0.466. The lowest BCUT2D eigenvalue weighted by Crippen LogP contribution is -2.32. The van der Waals surface area contributed by atoms with Crippen LogP contribution in [0.2, 0.25) is 0 Å². The van der Waals surface area contributed by atoms with Gasteiger partial charge in [0.1, 0.15) is 10.9 Å². The molecule has 1 heterocycles. The van der Waals surface area contributed by atoms with E-state index in [1.807, 2.05) is 18.2 Å². The maximum absolute atomic E-state index is 12.6. The first-order valence-electron chi connectivity index (χ1n) is 8.92. The summed E-state index contributed by atoms with van der Waals surface area (Å²) in [6.07, 6.45) is 2.37. The maximum atomic E-state index is 12.6. The predicted molar refractivity (Wildman–Crippen MR) is 115 cm³/mol. The smallest absolute Gasteiger partial charge is 0.322 e. The van der Waals surface area contributed by atoms with Crippen molar-refractivity contribution in [3.63, 3.8) is 0 Å². The molecule has 0 aliphatic carbocycles. The number of amides is 2. The van der Waals surface area contributed by atoms with Crippen molar-refractivity contribution in [3.05, 3.63) is 40.3 Å². The van der Waals surface area contributed by atoms with E-state index in [2.05, 4.69) is 38.2 Å². The summed E-state index contributed by atoms with van der Waals surface area (Å²) in [6.45, 7) is 6.36. The predicted octanol–water partition coefficient (Wildman–Crippen LogP) is 3.17. The van der Waals surface area contributed by atoms with Crippen LogP contribution in [0.15, 0.2) is 29.2 Å². The molecule has 0 radical (unpaired) electrons. The molecule has 0 spiro atoms. The van der Waals surface area contributed by atoms with Crippen LogP contribution < -0.4 is 5.32 Å². The highest BCUT2D eigenvalue weighted by molar-refractivity contribution is 8.26. The molecule has 8 heteroatoms. The molecule has 0 unspecified atom stereocenters. The Morgan fingerprint density at radius 3 is 2.46 bits per heavy atom. The largest absolute Gasteiger partial charge is 0.480 e. The van der Waals surface area contributed by atoms with Crippen molar-refractivity contribution in [3.8, 4) is 0 Å². The van der Waals surface area contributed by atoms with Gasteiger partial charge in [0.15, 0.2) is 0 Å². The van der Waals surface area contributed by atoms with Gasteiger partial charge in [0, 0.05) is 13.0 Å². The van der Waals surface area contributed by atoms with Gasteiger partial charge in [0.05, 0.1) is 4.91 Å². The van der Waals surface area contributed by atoms with E-state index in [4.69, 9.17) is 17.3 Å². The first-order valence-corrected chi connectivity index (χ1v) is 10.1. The van der Waals surface area contributed by atoms with Crippen molar-refractivity contribution in [1.29, 1.82) is 0 Å². The zero-order valence-corrected chi connectivity index (χ0v) is 17.8. The molecular formula is C20H24N2O4S2. The number of hydrogen-bond donors (Lipinski definition) is 2. The van der Waals surface area contributed by atoms with Gasteiger partial charge in [0.2, 0.25) is 5.91 Å². The number of carboxylic acids is 1. The summed E-state index contributed by atoms with van der Waals surface area (Å²) in [5.41, 5.74) is 2.22. The van der Waals surface area contributed by atoms with Gasteiger partial charge in [-0.3, -0.25) is 19.3 Å². The Morgan fingerprint density at radius 2 is 1.89 bits per heavy atom. The van der Waals surface area contributed by atoms with E-state index in [1.54, 1.807) is 0 Å². The Kier molecular flexibility index (Phi) is 7.37. The fourth-order valence-electron chi connectivity index (χ4n) is 2.58. The fraction of sp³-hybridized carbons (Fsp3) is 0.400. The van der Waals surface area contributed by atoms with Crippen LogP contribution in [0.4, 0.5) is 0 Å². The van der Waals surface area contributed by atoms with Gasteiger partial charge in [-0.15, -0.1) is 0 Å². The summed E-state index contributed by atoms with van der Waals surface area (Å²) in [5.74, 6) is -1.62. The molecule has 1 aromatic rings. The summed E-state index contributed by atoms with van der Waals surface area (Å²) in [5, 5.41) is 10.8. The summed E-state index contributed by atoms with van der Waals surface area (Å²) >= 11 is 6.54. The van der Waals surface area contributed by atoms with E-state index >= 15 is 0 Å². The number of aliphatic carboxylic acids is 1.